The van der Waals surface area contributed by atoms with Gasteiger partial charge in [0.05, 0.1) is 10.7 Å². The Morgan fingerprint density at radius 3 is 2.38 bits per heavy atom. The third-order valence-electron chi connectivity index (χ3n) is 3.54. The van der Waals surface area contributed by atoms with E-state index in [0.717, 1.165) is 22.5 Å². The number of nitrogens with one attached hydrogen (secondary N) is 2. The third kappa shape index (κ3) is 5.20. The zero-order valence-corrected chi connectivity index (χ0v) is 15.3. The molecule has 1 aromatic carbocycles. The van der Waals surface area contributed by atoms with Gasteiger partial charge in [0, 0.05) is 24.4 Å². The van der Waals surface area contributed by atoms with Gasteiger partial charge in [-0.3, -0.25) is 4.79 Å². The molecule has 0 unspecified atom stereocenters. The van der Waals surface area contributed by atoms with Crippen molar-refractivity contribution in [2.24, 2.45) is 0 Å². The molecule has 0 aliphatic heterocycles. The molecular formula is C18H23ClN4O. The molecule has 0 radical (unpaired) electrons. The molecule has 0 spiro atoms. The normalized spacial score (nSPS) is 10.5. The first-order valence-electron chi connectivity index (χ1n) is 7.98. The van der Waals surface area contributed by atoms with Crippen molar-refractivity contribution in [3.05, 3.63) is 45.7 Å². The van der Waals surface area contributed by atoms with Gasteiger partial charge in [-0.1, -0.05) is 17.7 Å². The smallest absolute Gasteiger partial charge is 0.224 e. The minimum absolute atomic E-state index is 0.0491. The summed E-state index contributed by atoms with van der Waals surface area (Å²) < 4.78 is 0. The predicted octanol–water partition coefficient (Wildman–Crippen LogP) is 4.19. The van der Waals surface area contributed by atoms with Gasteiger partial charge in [0.25, 0.3) is 0 Å². The number of benzene rings is 1. The second kappa shape index (κ2) is 8.11. The largest absolute Gasteiger partial charge is 0.354 e. The van der Waals surface area contributed by atoms with Crippen molar-refractivity contribution in [2.45, 2.75) is 40.5 Å². The van der Waals surface area contributed by atoms with E-state index in [9.17, 15) is 4.79 Å². The summed E-state index contributed by atoms with van der Waals surface area (Å²) in [6, 6.07) is 5.77. The number of rotatable bonds is 6. The number of amides is 1. The lowest BCUT2D eigenvalue weighted by molar-refractivity contribution is -0.116. The van der Waals surface area contributed by atoms with E-state index in [4.69, 9.17) is 11.6 Å². The molecule has 1 heterocycles. The molecule has 2 rings (SSSR count). The molecule has 1 amide bonds. The zero-order valence-electron chi connectivity index (χ0n) is 14.5. The van der Waals surface area contributed by atoms with Crippen molar-refractivity contribution < 1.29 is 4.79 Å². The van der Waals surface area contributed by atoms with Gasteiger partial charge in [-0.2, -0.15) is 0 Å². The van der Waals surface area contributed by atoms with Gasteiger partial charge in [0.15, 0.2) is 0 Å². The van der Waals surface area contributed by atoms with Crippen LogP contribution in [0.25, 0.3) is 0 Å². The number of anilines is 2. The number of halogens is 1. The molecule has 0 saturated carbocycles. The Morgan fingerprint density at radius 1 is 1.08 bits per heavy atom. The average Bonchev–Trinajstić information content (AvgIpc) is 2.46. The predicted molar refractivity (Wildman–Crippen MR) is 98.8 cm³/mol. The summed E-state index contributed by atoms with van der Waals surface area (Å²) in [6.45, 7) is 8.41. The van der Waals surface area contributed by atoms with Crippen molar-refractivity contribution in [3.8, 4) is 0 Å². The Labute approximate surface area is 147 Å². The van der Waals surface area contributed by atoms with Crippen LogP contribution in [-0.4, -0.2) is 22.4 Å². The highest BCUT2D eigenvalue weighted by Gasteiger charge is 2.09. The number of hydrogen-bond acceptors (Lipinski definition) is 4. The molecule has 6 heteroatoms. The molecule has 24 heavy (non-hydrogen) atoms. The molecule has 0 saturated heterocycles. The van der Waals surface area contributed by atoms with E-state index >= 15 is 0 Å². The lowest BCUT2D eigenvalue weighted by atomic mass is 10.1. The van der Waals surface area contributed by atoms with Crippen molar-refractivity contribution in [2.75, 3.05) is 17.2 Å². The first kappa shape index (κ1) is 18.2. The van der Waals surface area contributed by atoms with Crippen LogP contribution in [0.4, 0.5) is 11.6 Å². The number of carbonyl (C=O) groups excluding carboxylic acids is 1. The molecule has 0 aliphatic carbocycles. The lowest BCUT2D eigenvalue weighted by Gasteiger charge is -2.12. The molecule has 0 aliphatic rings. The molecule has 128 valence electrons. The summed E-state index contributed by atoms with van der Waals surface area (Å²) >= 11 is 6.21. The Bertz CT molecular complexity index is 703. The van der Waals surface area contributed by atoms with E-state index in [0.29, 0.717) is 36.0 Å². The maximum Gasteiger partial charge on any atom is 0.224 e. The van der Waals surface area contributed by atoms with Gasteiger partial charge in [0.1, 0.15) is 0 Å². The summed E-state index contributed by atoms with van der Waals surface area (Å²) in [6.07, 6.45) is 1.09. The van der Waals surface area contributed by atoms with Crippen LogP contribution in [0.2, 0.25) is 5.02 Å². The topological polar surface area (TPSA) is 66.9 Å². The Morgan fingerprint density at radius 2 is 1.75 bits per heavy atom. The standard InChI is InChI=1S/C18H23ClN4O/c1-11-8-12(2)17(15(19)9-11)23-16(24)6-5-7-20-18-21-13(3)10-14(4)22-18/h8-10H,5-7H2,1-4H3,(H,23,24)(H,20,21,22). The van der Waals surface area contributed by atoms with Crippen LogP contribution in [0, 0.1) is 27.7 Å². The second-order valence-electron chi connectivity index (χ2n) is 5.99. The summed E-state index contributed by atoms with van der Waals surface area (Å²) in [4.78, 5) is 20.7. The van der Waals surface area contributed by atoms with Crippen LogP contribution in [0.1, 0.15) is 35.4 Å². The van der Waals surface area contributed by atoms with Crippen molar-refractivity contribution >= 4 is 29.1 Å². The molecular weight excluding hydrogens is 324 g/mol. The fourth-order valence-electron chi connectivity index (χ4n) is 2.53. The monoisotopic (exact) mass is 346 g/mol. The molecule has 1 aromatic heterocycles. The molecule has 2 aromatic rings. The molecule has 2 N–H and O–H groups in total. The molecule has 0 atom stereocenters. The Balaban J connectivity index is 1.82. The van der Waals surface area contributed by atoms with Crippen LogP contribution in [0.3, 0.4) is 0 Å². The highest BCUT2D eigenvalue weighted by molar-refractivity contribution is 6.34. The second-order valence-corrected chi connectivity index (χ2v) is 6.40. The highest BCUT2D eigenvalue weighted by atomic mass is 35.5. The summed E-state index contributed by atoms with van der Waals surface area (Å²) in [7, 11) is 0. The van der Waals surface area contributed by atoms with E-state index < -0.39 is 0 Å². The molecule has 0 bridgehead atoms. The average molecular weight is 347 g/mol. The van der Waals surface area contributed by atoms with Crippen LogP contribution in [0.5, 0.6) is 0 Å². The summed E-state index contributed by atoms with van der Waals surface area (Å²) in [5, 5.41) is 6.61. The number of hydrogen-bond donors (Lipinski definition) is 2. The van der Waals surface area contributed by atoms with Gasteiger partial charge in [0.2, 0.25) is 11.9 Å². The van der Waals surface area contributed by atoms with E-state index in [-0.39, 0.29) is 5.91 Å². The van der Waals surface area contributed by atoms with E-state index in [2.05, 4.69) is 20.6 Å². The van der Waals surface area contributed by atoms with E-state index in [1.807, 2.05) is 45.9 Å². The van der Waals surface area contributed by atoms with E-state index in [1.54, 1.807) is 0 Å². The Hall–Kier alpha value is -2.14. The van der Waals surface area contributed by atoms with E-state index in [1.165, 1.54) is 0 Å². The van der Waals surface area contributed by atoms with Gasteiger partial charge < -0.3 is 10.6 Å². The fourth-order valence-corrected chi connectivity index (χ4v) is 2.90. The SMILES string of the molecule is Cc1cc(C)c(NC(=O)CCCNc2nc(C)cc(C)n2)c(Cl)c1. The van der Waals surface area contributed by atoms with Crippen LogP contribution in [-0.2, 0) is 4.79 Å². The quantitative estimate of drug-likeness (QED) is 0.769. The Kier molecular flexibility index (Phi) is 6.15. The lowest BCUT2D eigenvalue weighted by Crippen LogP contribution is -2.15. The van der Waals surface area contributed by atoms with Crippen LogP contribution < -0.4 is 10.6 Å². The fraction of sp³-hybridized carbons (Fsp3) is 0.389. The van der Waals surface area contributed by atoms with Gasteiger partial charge in [-0.25, -0.2) is 9.97 Å². The maximum atomic E-state index is 12.1. The number of aryl methyl sites for hydroxylation is 4. The van der Waals surface area contributed by atoms with Crippen molar-refractivity contribution in [3.63, 3.8) is 0 Å². The van der Waals surface area contributed by atoms with Gasteiger partial charge in [-0.05, 0) is 57.4 Å². The zero-order chi connectivity index (χ0) is 17.7. The minimum atomic E-state index is -0.0491. The van der Waals surface area contributed by atoms with Crippen LogP contribution in [0.15, 0.2) is 18.2 Å². The van der Waals surface area contributed by atoms with Crippen molar-refractivity contribution in [1.29, 1.82) is 0 Å². The molecule has 5 nitrogen and oxygen atoms in total. The first-order valence-corrected chi connectivity index (χ1v) is 8.35. The van der Waals surface area contributed by atoms with Crippen LogP contribution >= 0.6 is 11.6 Å². The summed E-state index contributed by atoms with van der Waals surface area (Å²) in [5.74, 6) is 0.553. The molecule has 0 fully saturated rings. The highest BCUT2D eigenvalue weighted by Crippen LogP contribution is 2.27. The summed E-state index contributed by atoms with van der Waals surface area (Å²) in [5.41, 5.74) is 4.58. The number of nitrogens with zero attached hydrogens (tertiary/aromatic N) is 2. The number of carbonyl (C=O) groups is 1. The minimum Gasteiger partial charge on any atom is -0.354 e. The van der Waals surface area contributed by atoms with Gasteiger partial charge >= 0.3 is 0 Å². The van der Waals surface area contributed by atoms with Crippen molar-refractivity contribution in [1.82, 2.24) is 9.97 Å². The third-order valence-corrected chi connectivity index (χ3v) is 3.84. The first-order chi connectivity index (χ1) is 11.3. The van der Waals surface area contributed by atoms with Gasteiger partial charge in [-0.15, -0.1) is 0 Å². The maximum absolute atomic E-state index is 12.1. The number of aromatic nitrogens is 2.